The second-order valence-electron chi connectivity index (χ2n) is 6.47. The number of amides is 1. The van der Waals surface area contributed by atoms with Gasteiger partial charge in [-0.1, -0.05) is 23.5 Å². The third-order valence-electron chi connectivity index (χ3n) is 3.27. The number of allylic oxidation sites excluding steroid dienone is 2. The van der Waals surface area contributed by atoms with Gasteiger partial charge < -0.3 is 16.4 Å². The van der Waals surface area contributed by atoms with Crippen LogP contribution in [0.4, 0.5) is 10.9 Å². The van der Waals surface area contributed by atoms with E-state index in [2.05, 4.69) is 27.8 Å². The van der Waals surface area contributed by atoms with Crippen molar-refractivity contribution in [3.63, 3.8) is 0 Å². The molecule has 116 valence electrons. The minimum Gasteiger partial charge on any atom is -0.382 e. The van der Waals surface area contributed by atoms with Gasteiger partial charge >= 0.3 is 0 Å². The molecule has 1 aromatic heterocycles. The molecule has 1 atom stereocenters. The van der Waals surface area contributed by atoms with Crippen LogP contribution in [0.3, 0.4) is 0 Å². The quantitative estimate of drug-likeness (QED) is 0.747. The van der Waals surface area contributed by atoms with Gasteiger partial charge in [0.05, 0.1) is 0 Å². The topological polar surface area (TPSA) is 80.0 Å². The molecule has 5 nitrogen and oxygen atoms in total. The van der Waals surface area contributed by atoms with Crippen molar-refractivity contribution in [1.29, 1.82) is 0 Å². The van der Waals surface area contributed by atoms with Gasteiger partial charge in [-0.15, -0.1) is 0 Å². The Balaban J connectivity index is 1.94. The second kappa shape index (κ2) is 6.47. The summed E-state index contributed by atoms with van der Waals surface area (Å²) in [7, 11) is 0. The first-order chi connectivity index (χ1) is 9.85. The van der Waals surface area contributed by atoms with Gasteiger partial charge in [0, 0.05) is 12.1 Å². The van der Waals surface area contributed by atoms with E-state index in [9.17, 15) is 4.79 Å². The molecule has 0 fully saturated rings. The summed E-state index contributed by atoms with van der Waals surface area (Å²) in [5.74, 6) is 0.703. The van der Waals surface area contributed by atoms with Crippen LogP contribution in [-0.4, -0.2) is 23.0 Å². The fourth-order valence-corrected chi connectivity index (χ4v) is 3.24. The van der Waals surface area contributed by atoms with Crippen LogP contribution in [0.2, 0.25) is 0 Å². The number of hydrogen-bond acceptors (Lipinski definition) is 5. The number of nitrogens with one attached hydrogen (secondary N) is 2. The number of aromatic nitrogens is 1. The standard InChI is InChI=1S/C15H24N4OS/c1-15(2,3)19-14-18-12(16)11(21-14)13(20)17-9-10-7-5-4-6-8-10/h4-5,10H,6-9,16H2,1-3H3,(H,17,20)(H,18,19). The molecule has 6 heteroatoms. The predicted octanol–water partition coefficient (Wildman–Crippen LogP) is 3.02. The Bertz CT molecular complexity index is 530. The minimum atomic E-state index is -0.124. The highest BCUT2D eigenvalue weighted by molar-refractivity contribution is 7.18. The Labute approximate surface area is 130 Å². The normalized spacial score (nSPS) is 18.5. The summed E-state index contributed by atoms with van der Waals surface area (Å²) in [5.41, 5.74) is 5.75. The monoisotopic (exact) mass is 308 g/mol. The van der Waals surface area contributed by atoms with E-state index in [4.69, 9.17) is 5.73 Å². The Morgan fingerprint density at radius 2 is 2.24 bits per heavy atom. The molecule has 21 heavy (non-hydrogen) atoms. The van der Waals surface area contributed by atoms with Gasteiger partial charge in [-0.3, -0.25) is 4.79 Å². The largest absolute Gasteiger partial charge is 0.382 e. The van der Waals surface area contributed by atoms with Crippen LogP contribution in [0.15, 0.2) is 12.2 Å². The molecule has 0 aliphatic heterocycles. The summed E-state index contributed by atoms with van der Waals surface area (Å²) in [5, 5.41) is 6.90. The van der Waals surface area contributed by atoms with E-state index in [1.54, 1.807) is 0 Å². The van der Waals surface area contributed by atoms with E-state index < -0.39 is 0 Å². The Morgan fingerprint density at radius 3 is 2.86 bits per heavy atom. The fraction of sp³-hybridized carbons (Fsp3) is 0.600. The van der Waals surface area contributed by atoms with Gasteiger partial charge in [-0.25, -0.2) is 4.98 Å². The van der Waals surface area contributed by atoms with Gasteiger partial charge in [-0.05, 0) is 46.0 Å². The summed E-state index contributed by atoms with van der Waals surface area (Å²) in [6.45, 7) is 6.82. The van der Waals surface area contributed by atoms with E-state index in [0.717, 1.165) is 19.3 Å². The van der Waals surface area contributed by atoms with Crippen molar-refractivity contribution in [1.82, 2.24) is 10.3 Å². The average molecular weight is 308 g/mol. The molecule has 1 unspecified atom stereocenters. The molecule has 1 heterocycles. The molecule has 0 saturated carbocycles. The third kappa shape index (κ3) is 4.74. The highest BCUT2D eigenvalue weighted by Gasteiger charge is 2.20. The fourth-order valence-electron chi connectivity index (χ4n) is 2.23. The van der Waals surface area contributed by atoms with Crippen molar-refractivity contribution in [3.8, 4) is 0 Å². The number of carbonyl (C=O) groups is 1. The van der Waals surface area contributed by atoms with Crippen LogP contribution < -0.4 is 16.4 Å². The number of rotatable bonds is 4. The first kappa shape index (κ1) is 15.8. The van der Waals surface area contributed by atoms with Crippen molar-refractivity contribution >= 4 is 28.2 Å². The van der Waals surface area contributed by atoms with Crippen LogP contribution in [0, 0.1) is 5.92 Å². The summed E-state index contributed by atoms with van der Waals surface area (Å²) in [4.78, 5) is 16.9. The molecule has 4 N–H and O–H groups in total. The van der Waals surface area contributed by atoms with E-state index >= 15 is 0 Å². The first-order valence-corrected chi connectivity index (χ1v) is 8.14. The molecule has 0 spiro atoms. The molecule has 1 aromatic rings. The van der Waals surface area contributed by atoms with Crippen LogP contribution in [-0.2, 0) is 0 Å². The van der Waals surface area contributed by atoms with Gasteiger partial charge in [0.25, 0.3) is 5.91 Å². The van der Waals surface area contributed by atoms with Crippen LogP contribution in [0.1, 0.15) is 49.7 Å². The van der Waals surface area contributed by atoms with Crippen LogP contribution in [0.5, 0.6) is 0 Å². The number of carbonyl (C=O) groups excluding carboxylic acids is 1. The highest BCUT2D eigenvalue weighted by atomic mass is 32.1. The molecule has 1 aliphatic rings. The number of nitrogen functional groups attached to an aromatic ring is 1. The summed E-state index contributed by atoms with van der Waals surface area (Å²) >= 11 is 1.31. The number of thiazole rings is 1. The number of hydrogen-bond donors (Lipinski definition) is 3. The van der Waals surface area contributed by atoms with Crippen LogP contribution in [0.25, 0.3) is 0 Å². The molecule has 1 aliphatic carbocycles. The highest BCUT2D eigenvalue weighted by Crippen LogP contribution is 2.27. The molecular weight excluding hydrogens is 284 g/mol. The lowest BCUT2D eigenvalue weighted by molar-refractivity contribution is 0.0951. The maximum Gasteiger partial charge on any atom is 0.265 e. The zero-order valence-electron chi connectivity index (χ0n) is 12.9. The first-order valence-electron chi connectivity index (χ1n) is 7.33. The Hall–Kier alpha value is -1.56. The van der Waals surface area contributed by atoms with Gasteiger partial charge in [0.2, 0.25) is 0 Å². The lowest BCUT2D eigenvalue weighted by Gasteiger charge is -2.19. The van der Waals surface area contributed by atoms with E-state index in [1.807, 2.05) is 20.8 Å². The third-order valence-corrected chi connectivity index (χ3v) is 4.26. The maximum atomic E-state index is 12.2. The number of nitrogens with zero attached hydrogens (tertiary/aromatic N) is 1. The average Bonchev–Trinajstić information content (AvgIpc) is 2.76. The SMILES string of the molecule is CC(C)(C)Nc1nc(N)c(C(=O)NCC2CC=CCC2)s1. The molecular formula is C15H24N4OS. The molecule has 0 aromatic carbocycles. The zero-order chi connectivity index (χ0) is 15.5. The van der Waals surface area contributed by atoms with Crippen molar-refractivity contribution in [2.75, 3.05) is 17.6 Å². The number of nitrogens with two attached hydrogens (primary N) is 1. The van der Waals surface area contributed by atoms with Crippen molar-refractivity contribution < 1.29 is 4.79 Å². The summed E-state index contributed by atoms with van der Waals surface area (Å²) in [6, 6.07) is 0. The lowest BCUT2D eigenvalue weighted by atomic mass is 9.94. The van der Waals surface area contributed by atoms with E-state index in [-0.39, 0.29) is 11.4 Å². The Morgan fingerprint density at radius 1 is 1.48 bits per heavy atom. The smallest absolute Gasteiger partial charge is 0.265 e. The lowest BCUT2D eigenvalue weighted by Crippen LogP contribution is -2.29. The second-order valence-corrected chi connectivity index (χ2v) is 7.47. The van der Waals surface area contributed by atoms with Gasteiger partial charge in [0.15, 0.2) is 5.13 Å². The molecule has 0 saturated heterocycles. The van der Waals surface area contributed by atoms with Crippen molar-refractivity contribution in [3.05, 3.63) is 17.0 Å². The molecule has 0 bridgehead atoms. The molecule has 1 amide bonds. The van der Waals surface area contributed by atoms with E-state index in [0.29, 0.717) is 28.3 Å². The van der Waals surface area contributed by atoms with Crippen molar-refractivity contribution in [2.45, 2.75) is 45.6 Å². The maximum absolute atomic E-state index is 12.2. The van der Waals surface area contributed by atoms with Gasteiger partial charge in [-0.2, -0.15) is 0 Å². The Kier molecular flexibility index (Phi) is 4.88. The number of anilines is 2. The summed E-state index contributed by atoms with van der Waals surface area (Å²) < 4.78 is 0. The van der Waals surface area contributed by atoms with E-state index in [1.165, 1.54) is 11.3 Å². The summed E-state index contributed by atoms with van der Waals surface area (Å²) in [6.07, 6.45) is 7.65. The van der Waals surface area contributed by atoms with Crippen LogP contribution >= 0.6 is 11.3 Å². The molecule has 2 rings (SSSR count). The minimum absolute atomic E-state index is 0.105. The zero-order valence-corrected chi connectivity index (χ0v) is 13.7. The van der Waals surface area contributed by atoms with Crippen molar-refractivity contribution in [2.24, 2.45) is 5.92 Å². The predicted molar refractivity (Wildman–Crippen MR) is 88.7 cm³/mol. The molecule has 0 radical (unpaired) electrons. The van der Waals surface area contributed by atoms with Gasteiger partial charge in [0.1, 0.15) is 10.7 Å².